The number of anilines is 2. The highest BCUT2D eigenvalue weighted by atomic mass is 32.1. The van der Waals surface area contributed by atoms with Crippen LogP contribution in [-0.4, -0.2) is 24.0 Å². The Morgan fingerprint density at radius 1 is 1.22 bits per heavy atom. The molecule has 4 rings (SSSR count). The van der Waals surface area contributed by atoms with Crippen molar-refractivity contribution >= 4 is 38.3 Å². The summed E-state index contributed by atoms with van der Waals surface area (Å²) in [4.78, 5) is 19.4. The molecule has 1 aromatic heterocycles. The second kappa shape index (κ2) is 7.69. The van der Waals surface area contributed by atoms with E-state index < -0.39 is 0 Å². The van der Waals surface area contributed by atoms with E-state index >= 15 is 0 Å². The number of fused-ring (bicyclic) bond motifs is 1. The molecule has 1 aliphatic rings. The Hall–Kier alpha value is -2.40. The molecular weight excluding hydrogens is 354 g/mol. The quantitative estimate of drug-likeness (QED) is 0.654. The minimum atomic E-state index is 0.0264. The highest BCUT2D eigenvalue weighted by Gasteiger charge is 2.34. The molecule has 0 bridgehead atoms. The number of rotatable bonds is 6. The molecule has 3 aromatic rings. The Morgan fingerprint density at radius 3 is 2.74 bits per heavy atom. The lowest BCUT2D eigenvalue weighted by Crippen LogP contribution is -2.52. The molecule has 0 radical (unpaired) electrons. The first-order chi connectivity index (χ1) is 13.1. The molecule has 1 aliphatic heterocycles. The Morgan fingerprint density at radius 2 is 2.00 bits per heavy atom. The van der Waals surface area contributed by atoms with Crippen molar-refractivity contribution in [3.8, 4) is 0 Å². The summed E-state index contributed by atoms with van der Waals surface area (Å²) in [6.45, 7) is 5.77. The number of benzene rings is 2. The lowest BCUT2D eigenvalue weighted by Gasteiger charge is -2.37. The molecule has 0 aliphatic carbocycles. The fourth-order valence-electron chi connectivity index (χ4n) is 3.34. The van der Waals surface area contributed by atoms with Crippen molar-refractivity contribution in [1.82, 2.24) is 4.98 Å². The summed E-state index contributed by atoms with van der Waals surface area (Å²) in [6.07, 6.45) is 3.50. The molecule has 0 saturated carbocycles. The predicted octanol–water partition coefficient (Wildman–Crippen LogP) is 5.02. The van der Waals surface area contributed by atoms with E-state index in [0.29, 0.717) is 0 Å². The van der Waals surface area contributed by atoms with Crippen LogP contribution in [-0.2, 0) is 11.2 Å². The van der Waals surface area contributed by atoms with Crippen molar-refractivity contribution in [2.45, 2.75) is 33.1 Å². The van der Waals surface area contributed by atoms with Crippen LogP contribution in [0.25, 0.3) is 10.2 Å². The number of hydrogen-bond donors (Lipinski definition) is 1. The van der Waals surface area contributed by atoms with Gasteiger partial charge in [-0.15, -0.1) is 0 Å². The van der Waals surface area contributed by atoms with Gasteiger partial charge in [0.25, 0.3) is 0 Å². The first-order valence-electron chi connectivity index (χ1n) is 9.64. The standard InChI is InChI=1S/C22H25N3OS/c1-3-4-5-16-7-9-18(10-8-16)23-21(26)17-13-25(14-17)22-24-19-11-6-15(2)12-20(19)27-22/h6-12,17H,3-5,13-14H2,1-2H3,(H,23,26). The van der Waals surface area contributed by atoms with E-state index in [0.717, 1.165) is 35.8 Å². The van der Waals surface area contributed by atoms with Crippen molar-refractivity contribution in [1.29, 1.82) is 0 Å². The van der Waals surface area contributed by atoms with Crippen LogP contribution in [0.1, 0.15) is 30.9 Å². The summed E-state index contributed by atoms with van der Waals surface area (Å²) in [6, 6.07) is 14.6. The molecule has 2 heterocycles. The number of nitrogens with zero attached hydrogens (tertiary/aromatic N) is 2. The smallest absolute Gasteiger partial charge is 0.231 e. The van der Waals surface area contributed by atoms with Crippen LogP contribution in [0.5, 0.6) is 0 Å². The lowest BCUT2D eigenvalue weighted by atomic mass is 10.00. The third-order valence-electron chi connectivity index (χ3n) is 5.10. The van der Waals surface area contributed by atoms with E-state index in [4.69, 9.17) is 4.98 Å². The maximum absolute atomic E-state index is 12.5. The van der Waals surface area contributed by atoms with Gasteiger partial charge in [-0.25, -0.2) is 4.98 Å². The Kier molecular flexibility index (Phi) is 5.12. The first-order valence-corrected chi connectivity index (χ1v) is 10.5. The maximum Gasteiger partial charge on any atom is 0.231 e. The highest BCUT2D eigenvalue weighted by molar-refractivity contribution is 7.22. The van der Waals surface area contributed by atoms with Crippen LogP contribution in [0.3, 0.4) is 0 Å². The normalized spacial score (nSPS) is 14.4. The van der Waals surface area contributed by atoms with Gasteiger partial charge in [0.1, 0.15) is 0 Å². The number of amides is 1. The summed E-state index contributed by atoms with van der Waals surface area (Å²) in [7, 11) is 0. The number of hydrogen-bond acceptors (Lipinski definition) is 4. The molecule has 5 heteroatoms. The van der Waals surface area contributed by atoms with Gasteiger partial charge in [0.15, 0.2) is 5.13 Å². The van der Waals surface area contributed by atoms with Gasteiger partial charge in [-0.1, -0.05) is 42.9 Å². The lowest BCUT2D eigenvalue weighted by molar-refractivity contribution is -0.120. The van der Waals surface area contributed by atoms with Gasteiger partial charge in [-0.3, -0.25) is 4.79 Å². The van der Waals surface area contributed by atoms with Crippen molar-refractivity contribution in [3.05, 3.63) is 53.6 Å². The average Bonchev–Trinajstić information content (AvgIpc) is 3.02. The summed E-state index contributed by atoms with van der Waals surface area (Å²) in [5.41, 5.74) is 4.50. The number of aryl methyl sites for hydroxylation is 2. The topological polar surface area (TPSA) is 45.2 Å². The Bertz CT molecular complexity index is 942. The van der Waals surface area contributed by atoms with Crippen LogP contribution in [0.4, 0.5) is 10.8 Å². The average molecular weight is 380 g/mol. The summed E-state index contributed by atoms with van der Waals surface area (Å²) in [5.74, 6) is 0.128. The number of thiazole rings is 1. The van der Waals surface area contributed by atoms with Gasteiger partial charge in [0, 0.05) is 18.8 Å². The Labute approximate surface area is 164 Å². The molecule has 1 N–H and O–H groups in total. The van der Waals surface area contributed by atoms with E-state index in [1.165, 1.54) is 28.7 Å². The second-order valence-electron chi connectivity index (χ2n) is 7.36. The summed E-state index contributed by atoms with van der Waals surface area (Å²) in [5, 5.41) is 4.06. The van der Waals surface area contributed by atoms with Crippen LogP contribution in [0.2, 0.25) is 0 Å². The van der Waals surface area contributed by atoms with Crippen LogP contribution in [0.15, 0.2) is 42.5 Å². The van der Waals surface area contributed by atoms with Gasteiger partial charge in [0.05, 0.1) is 16.1 Å². The third-order valence-corrected chi connectivity index (χ3v) is 6.17. The molecule has 0 unspecified atom stereocenters. The number of carbonyl (C=O) groups is 1. The minimum absolute atomic E-state index is 0.0264. The number of carbonyl (C=O) groups excluding carboxylic acids is 1. The number of aromatic nitrogens is 1. The molecular formula is C22H25N3OS. The van der Waals surface area contributed by atoms with Crippen LogP contribution >= 0.6 is 11.3 Å². The fraction of sp³-hybridized carbons (Fsp3) is 0.364. The first kappa shape index (κ1) is 18.0. The zero-order chi connectivity index (χ0) is 18.8. The van der Waals surface area contributed by atoms with E-state index in [9.17, 15) is 4.79 Å². The molecule has 2 aromatic carbocycles. The van der Waals surface area contributed by atoms with Gasteiger partial charge in [-0.05, 0) is 55.2 Å². The van der Waals surface area contributed by atoms with Gasteiger partial charge >= 0.3 is 0 Å². The van der Waals surface area contributed by atoms with Crippen molar-refractivity contribution in [2.24, 2.45) is 5.92 Å². The van der Waals surface area contributed by atoms with Gasteiger partial charge < -0.3 is 10.2 Å². The van der Waals surface area contributed by atoms with E-state index in [2.05, 4.69) is 54.4 Å². The van der Waals surface area contributed by atoms with Crippen LogP contribution < -0.4 is 10.2 Å². The second-order valence-corrected chi connectivity index (χ2v) is 8.37. The van der Waals surface area contributed by atoms with E-state index in [1.807, 2.05) is 12.1 Å². The SMILES string of the molecule is CCCCc1ccc(NC(=O)C2CN(c3nc4ccc(C)cc4s3)C2)cc1. The van der Waals surface area contributed by atoms with Crippen LogP contribution in [0, 0.1) is 12.8 Å². The molecule has 1 fully saturated rings. The monoisotopic (exact) mass is 379 g/mol. The maximum atomic E-state index is 12.5. The fourth-order valence-corrected chi connectivity index (χ4v) is 4.42. The summed E-state index contributed by atoms with van der Waals surface area (Å²) >= 11 is 1.70. The van der Waals surface area contributed by atoms with E-state index in [-0.39, 0.29) is 11.8 Å². The minimum Gasteiger partial charge on any atom is -0.346 e. The van der Waals surface area contributed by atoms with Gasteiger partial charge in [0.2, 0.25) is 5.91 Å². The molecule has 0 spiro atoms. The molecule has 1 amide bonds. The molecule has 0 atom stereocenters. The highest BCUT2D eigenvalue weighted by Crippen LogP contribution is 2.33. The summed E-state index contributed by atoms with van der Waals surface area (Å²) < 4.78 is 1.21. The predicted molar refractivity (Wildman–Crippen MR) is 114 cm³/mol. The van der Waals surface area contributed by atoms with Crippen molar-refractivity contribution in [2.75, 3.05) is 23.3 Å². The van der Waals surface area contributed by atoms with Crippen molar-refractivity contribution < 1.29 is 4.79 Å². The number of nitrogens with one attached hydrogen (secondary N) is 1. The zero-order valence-electron chi connectivity index (χ0n) is 15.9. The largest absolute Gasteiger partial charge is 0.346 e. The molecule has 140 valence electrons. The molecule has 1 saturated heterocycles. The Balaban J connectivity index is 1.32. The van der Waals surface area contributed by atoms with E-state index in [1.54, 1.807) is 11.3 Å². The van der Waals surface area contributed by atoms with Gasteiger partial charge in [-0.2, -0.15) is 0 Å². The number of unbranched alkanes of at least 4 members (excludes halogenated alkanes) is 1. The third kappa shape index (κ3) is 3.98. The van der Waals surface area contributed by atoms with Crippen molar-refractivity contribution in [3.63, 3.8) is 0 Å². The zero-order valence-corrected chi connectivity index (χ0v) is 16.7. The molecule has 4 nitrogen and oxygen atoms in total. The molecule has 27 heavy (non-hydrogen) atoms.